The number of unbranched alkanes of at least 4 members (excludes halogenated alkanes) is 44. The van der Waals surface area contributed by atoms with Gasteiger partial charge in [0.2, 0.25) is 0 Å². The van der Waals surface area contributed by atoms with E-state index in [0.29, 0.717) is 57.9 Å². The van der Waals surface area contributed by atoms with E-state index in [4.69, 9.17) is 18.9 Å². The molecule has 0 radical (unpaired) electrons. The number of aliphatic hydroxyl groups is 2. The van der Waals surface area contributed by atoms with Crippen molar-refractivity contribution in [3.63, 3.8) is 0 Å². The average molecular weight is 1420 g/mol. The standard InChI is InChI=1S/C88H172N2O10/c1-7-13-19-25-30-35-48-62-82(80-98-86(94)67-55-46-59-73-90(75-77-92)72-58-43-33-40-53-68-87(95)99-83(63-49-36-27-21-15-9-3)64-50-37-28-22-16-10-4)81(61-47-24-18-12-6)79-84(65-51-38-29-23-17-11-5)100-88(96)69-54-41-34-44-57-71-89(74-76-91)70-56-42-32-39-52-66-85(93)97-78-60-45-31-26-20-14-8-2/h81-84,91-92H,7-80H2,1-6H3. The van der Waals surface area contributed by atoms with Crippen molar-refractivity contribution in [2.75, 3.05) is 65.7 Å². The summed E-state index contributed by atoms with van der Waals surface area (Å²) in [5.74, 6) is 0.394. The van der Waals surface area contributed by atoms with Crippen molar-refractivity contribution in [2.24, 2.45) is 11.8 Å². The lowest BCUT2D eigenvalue weighted by atomic mass is 9.80. The van der Waals surface area contributed by atoms with Crippen LogP contribution in [0.5, 0.6) is 0 Å². The molecule has 0 aromatic rings. The van der Waals surface area contributed by atoms with Crippen LogP contribution < -0.4 is 0 Å². The van der Waals surface area contributed by atoms with Crippen LogP contribution in [0.2, 0.25) is 0 Å². The van der Waals surface area contributed by atoms with Gasteiger partial charge in [0.15, 0.2) is 0 Å². The summed E-state index contributed by atoms with van der Waals surface area (Å²) in [4.78, 5) is 57.4. The van der Waals surface area contributed by atoms with E-state index in [0.717, 1.165) is 225 Å². The molecule has 12 nitrogen and oxygen atoms in total. The van der Waals surface area contributed by atoms with Gasteiger partial charge in [-0.05, 0) is 154 Å². The van der Waals surface area contributed by atoms with Gasteiger partial charge in [0.1, 0.15) is 12.2 Å². The average Bonchev–Trinajstić information content (AvgIpc) is 0.969. The molecular formula is C88H172N2O10. The molecule has 0 bridgehead atoms. The van der Waals surface area contributed by atoms with Crippen molar-refractivity contribution in [3.8, 4) is 0 Å². The Bertz CT molecular complexity index is 1690. The van der Waals surface area contributed by atoms with Gasteiger partial charge in [-0.2, -0.15) is 0 Å². The molecule has 0 saturated heterocycles. The molecule has 12 heteroatoms. The van der Waals surface area contributed by atoms with E-state index in [1.807, 2.05) is 0 Å². The Morgan fingerprint density at radius 2 is 0.520 bits per heavy atom. The first-order chi connectivity index (χ1) is 49.1. The van der Waals surface area contributed by atoms with E-state index in [2.05, 4.69) is 51.3 Å². The maximum atomic E-state index is 13.8. The number of ether oxygens (including phenoxy) is 4. The molecule has 0 saturated carbocycles. The van der Waals surface area contributed by atoms with Gasteiger partial charge in [0, 0.05) is 38.8 Å². The normalized spacial score (nSPS) is 12.7. The summed E-state index contributed by atoms with van der Waals surface area (Å²) in [5.41, 5.74) is 0. The fourth-order valence-corrected chi connectivity index (χ4v) is 14.7. The minimum atomic E-state index is -0.113. The summed E-state index contributed by atoms with van der Waals surface area (Å²) in [6, 6.07) is 0. The van der Waals surface area contributed by atoms with Gasteiger partial charge >= 0.3 is 23.9 Å². The number of hydrogen-bond acceptors (Lipinski definition) is 12. The zero-order valence-corrected chi connectivity index (χ0v) is 67.7. The molecule has 0 heterocycles. The highest BCUT2D eigenvalue weighted by atomic mass is 16.6. The molecule has 3 atom stereocenters. The number of carbonyl (C=O) groups excluding carboxylic acids is 4. The summed E-state index contributed by atoms with van der Waals surface area (Å²) in [6.45, 7) is 20.2. The summed E-state index contributed by atoms with van der Waals surface area (Å²) in [7, 11) is 0. The molecule has 100 heavy (non-hydrogen) atoms. The third kappa shape index (κ3) is 68.8. The number of hydrogen-bond donors (Lipinski definition) is 2. The number of aliphatic hydroxyl groups excluding tert-OH is 2. The van der Waals surface area contributed by atoms with Crippen molar-refractivity contribution in [3.05, 3.63) is 0 Å². The van der Waals surface area contributed by atoms with Crippen LogP contribution in [0, 0.1) is 11.8 Å². The highest BCUT2D eigenvalue weighted by Crippen LogP contribution is 2.33. The Kier molecular flexibility index (Phi) is 77.5. The molecule has 0 fully saturated rings. The van der Waals surface area contributed by atoms with E-state index in [9.17, 15) is 29.4 Å². The Morgan fingerprint density at radius 3 is 0.890 bits per heavy atom. The number of esters is 4. The van der Waals surface area contributed by atoms with Crippen LogP contribution in [0.3, 0.4) is 0 Å². The molecule has 3 unspecified atom stereocenters. The molecule has 0 rings (SSSR count). The summed E-state index contributed by atoms with van der Waals surface area (Å²) in [6.07, 6.45) is 70.8. The van der Waals surface area contributed by atoms with Crippen molar-refractivity contribution in [1.29, 1.82) is 0 Å². The second kappa shape index (κ2) is 79.3. The van der Waals surface area contributed by atoms with E-state index in [-0.39, 0.29) is 55.2 Å². The van der Waals surface area contributed by atoms with Crippen LogP contribution in [-0.2, 0) is 38.1 Å². The lowest BCUT2D eigenvalue weighted by molar-refractivity contribution is -0.152. The Balaban J connectivity index is 5.35. The molecule has 0 spiro atoms. The first kappa shape index (κ1) is 97.7. The highest BCUT2D eigenvalue weighted by molar-refractivity contribution is 5.70. The minimum Gasteiger partial charge on any atom is -0.466 e. The number of carbonyl (C=O) groups is 4. The topological polar surface area (TPSA) is 152 Å². The van der Waals surface area contributed by atoms with Crippen molar-refractivity contribution in [2.45, 2.75) is 465 Å². The second-order valence-corrected chi connectivity index (χ2v) is 30.9. The highest BCUT2D eigenvalue weighted by Gasteiger charge is 2.28. The Labute approximate surface area is 621 Å². The smallest absolute Gasteiger partial charge is 0.306 e. The van der Waals surface area contributed by atoms with Gasteiger partial charge in [-0.3, -0.25) is 19.2 Å². The molecular weight excluding hydrogens is 1240 g/mol. The Morgan fingerprint density at radius 1 is 0.260 bits per heavy atom. The fraction of sp³-hybridized carbons (Fsp3) is 0.955. The molecule has 0 aromatic carbocycles. The molecule has 0 aromatic heterocycles. The van der Waals surface area contributed by atoms with Gasteiger partial charge in [-0.1, -0.05) is 311 Å². The summed E-state index contributed by atoms with van der Waals surface area (Å²) in [5, 5.41) is 19.8. The Hall–Kier alpha value is -2.28. The first-order valence-electron chi connectivity index (χ1n) is 44.5. The van der Waals surface area contributed by atoms with Gasteiger partial charge < -0.3 is 39.0 Å². The largest absolute Gasteiger partial charge is 0.466 e. The minimum absolute atomic E-state index is 0.00530. The quantitative estimate of drug-likeness (QED) is 0.0339. The van der Waals surface area contributed by atoms with E-state index >= 15 is 0 Å². The molecule has 2 N–H and O–H groups in total. The maximum Gasteiger partial charge on any atom is 0.306 e. The van der Waals surface area contributed by atoms with Crippen LogP contribution in [-0.4, -0.2) is 122 Å². The fourth-order valence-electron chi connectivity index (χ4n) is 14.7. The molecule has 0 amide bonds. The maximum absolute atomic E-state index is 13.8. The first-order valence-corrected chi connectivity index (χ1v) is 44.5. The monoisotopic (exact) mass is 1420 g/mol. The molecule has 594 valence electrons. The molecule has 0 aliphatic rings. The van der Waals surface area contributed by atoms with Crippen LogP contribution in [0.15, 0.2) is 0 Å². The van der Waals surface area contributed by atoms with Crippen LogP contribution in [0.4, 0.5) is 0 Å². The van der Waals surface area contributed by atoms with E-state index in [1.54, 1.807) is 0 Å². The van der Waals surface area contributed by atoms with Crippen molar-refractivity contribution in [1.82, 2.24) is 9.80 Å². The van der Waals surface area contributed by atoms with E-state index < -0.39 is 0 Å². The molecule has 0 aliphatic carbocycles. The van der Waals surface area contributed by atoms with Gasteiger partial charge in [0.05, 0.1) is 26.4 Å². The second-order valence-electron chi connectivity index (χ2n) is 30.9. The zero-order chi connectivity index (χ0) is 72.9. The molecule has 0 aliphatic heterocycles. The SMILES string of the molecule is CCCCCCCCCOC(=O)CCCCCCCN(CCO)CCCCCCCC(=O)OC(CCCCCCCC)CC(CCCCCC)C(CCCCCCCCC)COC(=O)CCCCCN(CCO)CCCCCCCC(=O)OC(CCCCCCCC)CCCCCCCC. The van der Waals surface area contributed by atoms with Gasteiger partial charge in [0.25, 0.3) is 0 Å². The lowest BCUT2D eigenvalue weighted by Gasteiger charge is -2.31. The van der Waals surface area contributed by atoms with Crippen LogP contribution in [0.25, 0.3) is 0 Å². The third-order valence-electron chi connectivity index (χ3n) is 21.3. The summed E-state index contributed by atoms with van der Waals surface area (Å²) >= 11 is 0. The van der Waals surface area contributed by atoms with Crippen LogP contribution >= 0.6 is 0 Å². The number of rotatable bonds is 83. The number of nitrogens with zero attached hydrogens (tertiary/aromatic N) is 2. The van der Waals surface area contributed by atoms with Gasteiger partial charge in [-0.15, -0.1) is 0 Å². The summed E-state index contributed by atoms with van der Waals surface area (Å²) < 4.78 is 24.4. The third-order valence-corrected chi connectivity index (χ3v) is 21.3. The lowest BCUT2D eigenvalue weighted by Crippen LogP contribution is -2.29. The van der Waals surface area contributed by atoms with Crippen molar-refractivity contribution < 1.29 is 48.3 Å². The van der Waals surface area contributed by atoms with Crippen LogP contribution in [0.1, 0.15) is 452 Å². The zero-order valence-electron chi connectivity index (χ0n) is 67.7. The van der Waals surface area contributed by atoms with Gasteiger partial charge in [-0.25, -0.2) is 0 Å². The predicted molar refractivity (Wildman–Crippen MR) is 425 cm³/mol. The van der Waals surface area contributed by atoms with E-state index in [1.165, 1.54) is 186 Å². The van der Waals surface area contributed by atoms with Crippen molar-refractivity contribution >= 4 is 23.9 Å². The predicted octanol–water partition coefficient (Wildman–Crippen LogP) is 24.8.